The van der Waals surface area contributed by atoms with Crippen molar-refractivity contribution in [3.8, 4) is 0 Å². The molecule has 3 rings (SSSR count). The normalized spacial score (nSPS) is 52.0. The average molecular weight is 102 g/mol. The van der Waals surface area contributed by atoms with Gasteiger partial charge in [0, 0.05) is 6.54 Å². The summed E-state index contributed by atoms with van der Waals surface area (Å²) < 4.78 is 0. The lowest BCUT2D eigenvalue weighted by Gasteiger charge is -2.22. The number of thioether (sulfide) groups is 1. The van der Waals surface area contributed by atoms with Gasteiger partial charge >= 0.3 is 0 Å². The van der Waals surface area contributed by atoms with Crippen molar-refractivity contribution in [3.63, 3.8) is 0 Å². The summed E-state index contributed by atoms with van der Waals surface area (Å²) in [6.45, 7) is 1.16. The van der Waals surface area contributed by atoms with Gasteiger partial charge in [0.05, 0.1) is 5.37 Å². The minimum absolute atomic E-state index is 0.606. The zero-order valence-electron chi connectivity index (χ0n) is 3.27. The van der Waals surface area contributed by atoms with E-state index in [-0.39, 0.29) is 0 Å². The molecule has 0 aromatic carbocycles. The van der Waals surface area contributed by atoms with Gasteiger partial charge in [-0.3, -0.25) is 10.6 Å². The number of rotatable bonds is 0. The highest BCUT2D eigenvalue weighted by Gasteiger charge is 2.35. The molecule has 0 amide bonds. The Morgan fingerprint density at radius 1 is 1.67 bits per heavy atom. The quantitative estimate of drug-likeness (QED) is 0.432. The highest BCUT2D eigenvalue weighted by Crippen LogP contribution is 2.28. The van der Waals surface area contributed by atoms with Gasteiger partial charge in [-0.1, -0.05) is 0 Å². The molecule has 0 aliphatic carbocycles. The van der Waals surface area contributed by atoms with Crippen molar-refractivity contribution in [2.75, 3.05) is 6.54 Å². The van der Waals surface area contributed by atoms with Crippen LogP contribution in [0.5, 0.6) is 0 Å². The van der Waals surface area contributed by atoms with Crippen molar-refractivity contribution in [1.29, 1.82) is 0 Å². The Hall–Kier alpha value is 0.270. The Morgan fingerprint density at radius 2 is 2.50 bits per heavy atom. The molecular formula is C3H6N2S. The van der Waals surface area contributed by atoms with E-state index in [2.05, 4.69) is 10.6 Å². The molecule has 3 fully saturated rings. The standard InChI is InChI=1S/C3H6N2S/c1-2-5-3(4-1)6-2/h2-5H,1H2. The summed E-state index contributed by atoms with van der Waals surface area (Å²) in [4.78, 5) is 0. The van der Waals surface area contributed by atoms with Gasteiger partial charge in [0.25, 0.3) is 0 Å². The highest BCUT2D eigenvalue weighted by molar-refractivity contribution is 8.02. The zero-order chi connectivity index (χ0) is 3.98. The Labute approximate surface area is 40.7 Å². The molecule has 6 heavy (non-hydrogen) atoms. The van der Waals surface area contributed by atoms with Crippen molar-refractivity contribution in [2.45, 2.75) is 10.9 Å². The van der Waals surface area contributed by atoms with Gasteiger partial charge in [0.2, 0.25) is 0 Å². The van der Waals surface area contributed by atoms with E-state index in [1.54, 1.807) is 0 Å². The highest BCUT2D eigenvalue weighted by atomic mass is 32.2. The Balaban J connectivity index is 2.16. The van der Waals surface area contributed by atoms with Gasteiger partial charge < -0.3 is 0 Å². The van der Waals surface area contributed by atoms with Crippen molar-refractivity contribution in [2.24, 2.45) is 0 Å². The SMILES string of the molecule is C1NC2NC1S2. The van der Waals surface area contributed by atoms with Crippen LogP contribution in [0.1, 0.15) is 0 Å². The largest absolute Gasteiger partial charge is 0.291 e. The topological polar surface area (TPSA) is 24.1 Å². The molecular weight excluding hydrogens is 96.1 g/mol. The van der Waals surface area contributed by atoms with Crippen molar-refractivity contribution in [1.82, 2.24) is 10.6 Å². The van der Waals surface area contributed by atoms with Crippen LogP contribution in [0.2, 0.25) is 0 Å². The molecule has 2 unspecified atom stereocenters. The van der Waals surface area contributed by atoms with Crippen molar-refractivity contribution < 1.29 is 0 Å². The van der Waals surface area contributed by atoms with Crippen LogP contribution in [0, 0.1) is 0 Å². The lowest BCUT2D eigenvalue weighted by Crippen LogP contribution is -2.40. The summed E-state index contributed by atoms with van der Waals surface area (Å²) in [7, 11) is 0. The first-order valence-electron chi connectivity index (χ1n) is 2.10. The van der Waals surface area contributed by atoms with Gasteiger partial charge in [0.1, 0.15) is 5.50 Å². The van der Waals surface area contributed by atoms with Crippen LogP contribution in [0.4, 0.5) is 0 Å². The maximum Gasteiger partial charge on any atom is 0.108 e. The molecule has 3 aliphatic rings. The second-order valence-electron chi connectivity index (χ2n) is 1.58. The summed E-state index contributed by atoms with van der Waals surface area (Å²) in [5, 5.41) is 7.26. The minimum atomic E-state index is 0.606. The molecule has 0 saturated carbocycles. The second kappa shape index (κ2) is 0.911. The molecule has 0 aromatic rings. The maximum absolute atomic E-state index is 3.27. The molecule has 34 valence electrons. The Bertz CT molecular complexity index is 55.7. The lowest BCUT2D eigenvalue weighted by molar-refractivity contribution is 0.690. The van der Waals surface area contributed by atoms with E-state index in [1.165, 1.54) is 0 Å². The van der Waals surface area contributed by atoms with Gasteiger partial charge in [-0.15, -0.1) is 11.8 Å². The van der Waals surface area contributed by atoms with E-state index in [4.69, 9.17) is 0 Å². The molecule has 3 aliphatic heterocycles. The Kier molecular flexibility index (Phi) is 0.500. The fourth-order valence-electron chi connectivity index (χ4n) is 0.767. The van der Waals surface area contributed by atoms with Crippen LogP contribution < -0.4 is 10.6 Å². The molecule has 0 aromatic heterocycles. The predicted molar refractivity (Wildman–Crippen MR) is 26.3 cm³/mol. The van der Waals surface area contributed by atoms with E-state index < -0.39 is 0 Å². The first kappa shape index (κ1) is 3.29. The van der Waals surface area contributed by atoms with Crippen LogP contribution in [0.25, 0.3) is 0 Å². The molecule has 2 bridgehead atoms. The molecule has 0 spiro atoms. The lowest BCUT2D eigenvalue weighted by atomic mass is 10.7. The summed E-state index contributed by atoms with van der Waals surface area (Å²) >= 11 is 1.97. The minimum Gasteiger partial charge on any atom is -0.291 e. The number of hydrogen-bond donors (Lipinski definition) is 2. The predicted octanol–water partition coefficient (Wildman–Crippen LogP) is -0.464. The second-order valence-corrected chi connectivity index (χ2v) is 2.89. The fraction of sp³-hybridized carbons (Fsp3) is 1.00. The number of fused-ring (bicyclic) bond motifs is 1. The molecule has 2 N–H and O–H groups in total. The summed E-state index contributed by atoms with van der Waals surface area (Å²) in [5.41, 5.74) is 0.606. The molecule has 2 nitrogen and oxygen atoms in total. The van der Waals surface area contributed by atoms with Gasteiger partial charge in [-0.2, -0.15) is 0 Å². The van der Waals surface area contributed by atoms with Crippen molar-refractivity contribution >= 4 is 11.8 Å². The van der Waals surface area contributed by atoms with Gasteiger partial charge in [0.15, 0.2) is 0 Å². The first-order valence-corrected chi connectivity index (χ1v) is 3.04. The number of nitrogens with one attached hydrogen (secondary N) is 2. The van der Waals surface area contributed by atoms with Crippen molar-refractivity contribution in [3.05, 3.63) is 0 Å². The molecule has 3 heteroatoms. The van der Waals surface area contributed by atoms with E-state index >= 15 is 0 Å². The summed E-state index contributed by atoms with van der Waals surface area (Å²) in [6.07, 6.45) is 0. The third-order valence-electron chi connectivity index (χ3n) is 1.13. The van der Waals surface area contributed by atoms with E-state index in [0.29, 0.717) is 5.50 Å². The molecule has 3 heterocycles. The van der Waals surface area contributed by atoms with Gasteiger partial charge in [-0.05, 0) is 0 Å². The van der Waals surface area contributed by atoms with E-state index in [0.717, 1.165) is 11.9 Å². The number of hydrogen-bond acceptors (Lipinski definition) is 3. The van der Waals surface area contributed by atoms with Crippen LogP contribution in [-0.2, 0) is 0 Å². The Morgan fingerprint density at radius 3 is 2.67 bits per heavy atom. The fourth-order valence-corrected chi connectivity index (χ4v) is 1.71. The van der Waals surface area contributed by atoms with Gasteiger partial charge in [-0.25, -0.2) is 0 Å². The summed E-state index contributed by atoms with van der Waals surface area (Å²) in [6, 6.07) is 0. The average Bonchev–Trinajstić information content (AvgIpc) is 1.72. The monoisotopic (exact) mass is 102 g/mol. The van der Waals surface area contributed by atoms with E-state index in [9.17, 15) is 0 Å². The molecule has 2 atom stereocenters. The maximum atomic E-state index is 3.27. The van der Waals surface area contributed by atoms with E-state index in [1.807, 2.05) is 11.8 Å². The van der Waals surface area contributed by atoms with Crippen LogP contribution in [0.15, 0.2) is 0 Å². The van der Waals surface area contributed by atoms with Crippen LogP contribution >= 0.6 is 11.8 Å². The third kappa shape index (κ3) is 0.259. The molecule has 3 saturated heterocycles. The van der Waals surface area contributed by atoms with Crippen LogP contribution in [-0.4, -0.2) is 17.4 Å². The summed E-state index contributed by atoms with van der Waals surface area (Å²) in [5.74, 6) is 0. The zero-order valence-corrected chi connectivity index (χ0v) is 4.09. The smallest absolute Gasteiger partial charge is 0.108 e. The first-order chi connectivity index (χ1) is 2.95. The van der Waals surface area contributed by atoms with Crippen LogP contribution in [0.3, 0.4) is 0 Å². The molecule has 0 radical (unpaired) electrons. The third-order valence-corrected chi connectivity index (χ3v) is 2.33.